The van der Waals surface area contributed by atoms with Gasteiger partial charge in [-0.05, 0) is 49.3 Å². The number of fused-ring (bicyclic) bond motifs is 1. The third-order valence-electron chi connectivity index (χ3n) is 5.39. The van der Waals surface area contributed by atoms with Crippen LogP contribution in [-0.2, 0) is 4.79 Å². The summed E-state index contributed by atoms with van der Waals surface area (Å²) in [6.45, 7) is 2.86. The maximum atomic E-state index is 11.5. The molecule has 1 aliphatic carbocycles. The highest BCUT2D eigenvalue weighted by Crippen LogP contribution is 2.35. The van der Waals surface area contributed by atoms with Gasteiger partial charge in [0.1, 0.15) is 11.9 Å². The van der Waals surface area contributed by atoms with E-state index in [1.807, 2.05) is 24.4 Å². The third kappa shape index (κ3) is 3.94. The second-order valence-corrected chi connectivity index (χ2v) is 7.30. The molecular formula is C22H24N2O3. The number of benzene rings is 1. The fraction of sp³-hybridized carbons (Fsp3) is 0.364. The molecule has 5 nitrogen and oxygen atoms in total. The van der Waals surface area contributed by atoms with E-state index in [4.69, 9.17) is 4.74 Å². The van der Waals surface area contributed by atoms with Crippen molar-refractivity contribution >= 4 is 16.6 Å². The number of ketones is 1. The van der Waals surface area contributed by atoms with Gasteiger partial charge in [-0.2, -0.15) is 5.06 Å². The van der Waals surface area contributed by atoms with Gasteiger partial charge in [0.15, 0.2) is 5.78 Å². The maximum absolute atomic E-state index is 11.5. The van der Waals surface area contributed by atoms with Crippen molar-refractivity contribution < 1.29 is 14.7 Å². The molecule has 2 aliphatic rings. The van der Waals surface area contributed by atoms with Crippen LogP contribution in [0.3, 0.4) is 0 Å². The van der Waals surface area contributed by atoms with E-state index in [0.717, 1.165) is 41.4 Å². The van der Waals surface area contributed by atoms with Gasteiger partial charge in [0, 0.05) is 42.4 Å². The second kappa shape index (κ2) is 7.62. The molecule has 0 spiro atoms. The van der Waals surface area contributed by atoms with Crippen molar-refractivity contribution in [3.8, 4) is 5.75 Å². The summed E-state index contributed by atoms with van der Waals surface area (Å²) in [6.07, 6.45) is 12.2. The number of carbonyl (C=O) groups is 1. The van der Waals surface area contributed by atoms with Gasteiger partial charge in [0.2, 0.25) is 0 Å². The summed E-state index contributed by atoms with van der Waals surface area (Å²) >= 11 is 0. The first-order chi connectivity index (χ1) is 13.1. The topological polar surface area (TPSA) is 62.7 Å². The number of ether oxygens (including phenoxy) is 1. The number of Topliss-reactive ketones (excluding diaryl/α,β-unsaturated/α-hetero) is 1. The molecule has 1 saturated heterocycles. The van der Waals surface area contributed by atoms with E-state index >= 15 is 0 Å². The average Bonchev–Trinajstić information content (AvgIpc) is 2.69. The molecule has 1 unspecified atom stereocenters. The lowest BCUT2D eigenvalue weighted by Crippen LogP contribution is -2.36. The van der Waals surface area contributed by atoms with E-state index in [9.17, 15) is 10.0 Å². The first-order valence-corrected chi connectivity index (χ1v) is 9.47. The average molecular weight is 364 g/mol. The molecule has 1 atom stereocenters. The normalized spacial score (nSPS) is 21.3. The van der Waals surface area contributed by atoms with Gasteiger partial charge in [-0.25, -0.2) is 0 Å². The molecular weight excluding hydrogens is 340 g/mol. The summed E-state index contributed by atoms with van der Waals surface area (Å²) in [5, 5.41) is 13.0. The Kier molecular flexibility index (Phi) is 5.05. The Bertz CT molecular complexity index is 911. The number of hydrogen-bond acceptors (Lipinski definition) is 5. The van der Waals surface area contributed by atoms with Crippen molar-refractivity contribution in [3.05, 3.63) is 60.0 Å². The molecule has 2 aromatic rings. The lowest BCUT2D eigenvalue weighted by molar-refractivity contribution is -0.118. The predicted molar refractivity (Wildman–Crippen MR) is 104 cm³/mol. The molecule has 27 heavy (non-hydrogen) atoms. The van der Waals surface area contributed by atoms with Crippen molar-refractivity contribution in [3.63, 3.8) is 0 Å². The van der Waals surface area contributed by atoms with E-state index < -0.39 is 0 Å². The summed E-state index contributed by atoms with van der Waals surface area (Å²) in [5.41, 5.74) is 1.96. The highest BCUT2D eigenvalue weighted by molar-refractivity contribution is 5.96. The first-order valence-electron chi connectivity index (χ1n) is 9.47. The largest absolute Gasteiger partial charge is 0.490 e. The van der Waals surface area contributed by atoms with Crippen molar-refractivity contribution in [1.82, 2.24) is 10.0 Å². The van der Waals surface area contributed by atoms with Gasteiger partial charge in [-0.1, -0.05) is 24.3 Å². The maximum Gasteiger partial charge on any atom is 0.159 e. The highest BCUT2D eigenvalue weighted by atomic mass is 16.5. The van der Waals surface area contributed by atoms with Crippen molar-refractivity contribution in [2.24, 2.45) is 0 Å². The van der Waals surface area contributed by atoms with Crippen molar-refractivity contribution in [2.75, 3.05) is 13.1 Å². The highest BCUT2D eigenvalue weighted by Gasteiger charge is 2.21. The van der Waals surface area contributed by atoms with Crippen LogP contribution in [-0.4, -0.2) is 40.2 Å². The summed E-state index contributed by atoms with van der Waals surface area (Å²) in [4.78, 5) is 15.8. The molecule has 0 bridgehead atoms. The van der Waals surface area contributed by atoms with Crippen molar-refractivity contribution in [1.29, 1.82) is 0 Å². The quantitative estimate of drug-likeness (QED) is 0.888. The molecule has 0 saturated carbocycles. The monoisotopic (exact) mass is 364 g/mol. The molecule has 1 aromatic carbocycles. The van der Waals surface area contributed by atoms with Gasteiger partial charge in [0.05, 0.1) is 0 Å². The summed E-state index contributed by atoms with van der Waals surface area (Å²) in [7, 11) is 0. The van der Waals surface area contributed by atoms with Gasteiger partial charge in [0.25, 0.3) is 0 Å². The zero-order valence-electron chi connectivity index (χ0n) is 15.5. The molecule has 140 valence electrons. The lowest BCUT2D eigenvalue weighted by atomic mass is 9.88. The molecule has 2 heterocycles. The molecule has 0 radical (unpaired) electrons. The Labute approximate surface area is 158 Å². The molecule has 1 fully saturated rings. The van der Waals surface area contributed by atoms with E-state index in [1.54, 1.807) is 13.1 Å². The number of hydroxylamine groups is 2. The summed E-state index contributed by atoms with van der Waals surface area (Å²) < 4.78 is 6.34. The fourth-order valence-electron chi connectivity index (χ4n) is 3.77. The van der Waals surface area contributed by atoms with Crippen LogP contribution in [0.1, 0.15) is 37.7 Å². The number of nitrogens with zero attached hydrogens (tertiary/aromatic N) is 2. The lowest BCUT2D eigenvalue weighted by Gasteiger charge is -2.28. The molecule has 0 amide bonds. The van der Waals surface area contributed by atoms with Crippen molar-refractivity contribution in [2.45, 2.75) is 38.2 Å². The Morgan fingerprint density at radius 1 is 1.30 bits per heavy atom. The number of pyridine rings is 1. The smallest absolute Gasteiger partial charge is 0.159 e. The SMILES string of the molecule is CC(=O)C1=CCC(c2cc(OC3CCN(O)CC3)c3cnccc3c2)C=C1. The van der Waals surface area contributed by atoms with Crippen LogP contribution in [0, 0.1) is 0 Å². The van der Waals surface area contributed by atoms with Crippen LogP contribution in [0.15, 0.2) is 54.4 Å². The number of rotatable bonds is 4. The van der Waals surface area contributed by atoms with Gasteiger partial charge in [-0.3, -0.25) is 9.78 Å². The fourth-order valence-corrected chi connectivity index (χ4v) is 3.77. The van der Waals surface area contributed by atoms with E-state index in [2.05, 4.69) is 23.2 Å². The number of piperidine rings is 1. The van der Waals surface area contributed by atoms with Gasteiger partial charge < -0.3 is 9.94 Å². The Morgan fingerprint density at radius 2 is 2.11 bits per heavy atom. The second-order valence-electron chi connectivity index (χ2n) is 7.30. The predicted octanol–water partition coefficient (Wildman–Crippen LogP) is 4.03. The molecule has 1 N–H and O–H groups in total. The zero-order valence-corrected chi connectivity index (χ0v) is 15.5. The van der Waals surface area contributed by atoms with Crippen LogP contribution in [0.2, 0.25) is 0 Å². The van der Waals surface area contributed by atoms with Crippen LogP contribution in [0.25, 0.3) is 10.8 Å². The summed E-state index contributed by atoms with van der Waals surface area (Å²) in [6, 6.07) is 6.30. The van der Waals surface area contributed by atoms with Crippen LogP contribution >= 0.6 is 0 Å². The number of hydrogen-bond donors (Lipinski definition) is 1. The minimum Gasteiger partial charge on any atom is -0.490 e. The molecule has 1 aromatic heterocycles. The first kappa shape index (κ1) is 17.9. The van der Waals surface area contributed by atoms with Crippen LogP contribution in [0.5, 0.6) is 5.75 Å². The Hall–Kier alpha value is -2.50. The number of allylic oxidation sites excluding steroid dienone is 4. The summed E-state index contributed by atoms with van der Waals surface area (Å²) in [5.74, 6) is 1.18. The van der Waals surface area contributed by atoms with Gasteiger partial charge >= 0.3 is 0 Å². The van der Waals surface area contributed by atoms with Gasteiger partial charge in [-0.15, -0.1) is 0 Å². The molecule has 4 rings (SSSR count). The van der Waals surface area contributed by atoms with E-state index in [1.165, 1.54) is 10.6 Å². The van der Waals surface area contributed by atoms with E-state index in [-0.39, 0.29) is 17.8 Å². The van der Waals surface area contributed by atoms with E-state index in [0.29, 0.717) is 13.1 Å². The van der Waals surface area contributed by atoms with Crippen LogP contribution < -0.4 is 4.74 Å². The standard InChI is InChI=1S/C22H24N2O3/c1-15(25)16-2-4-17(5-3-16)19-12-18-6-9-23-14-21(18)22(13-19)27-20-7-10-24(26)11-8-20/h2-4,6,9,12-14,17,20,26H,5,7-8,10-11H2,1H3. The Morgan fingerprint density at radius 3 is 2.81 bits per heavy atom. The number of aromatic nitrogens is 1. The zero-order chi connectivity index (χ0) is 18.8. The molecule has 1 aliphatic heterocycles. The Balaban J connectivity index is 1.63. The minimum atomic E-state index is 0.0955. The number of carbonyl (C=O) groups excluding carboxylic acids is 1. The third-order valence-corrected chi connectivity index (χ3v) is 5.39. The molecule has 5 heteroatoms. The van der Waals surface area contributed by atoms with Crippen LogP contribution in [0.4, 0.5) is 0 Å². The minimum absolute atomic E-state index is 0.0955.